The van der Waals surface area contributed by atoms with Gasteiger partial charge in [0.15, 0.2) is 0 Å². The quantitative estimate of drug-likeness (QED) is 0.790. The second-order valence-electron chi connectivity index (χ2n) is 6.21. The first kappa shape index (κ1) is 18.7. The third-order valence-corrected chi connectivity index (χ3v) is 4.43. The van der Waals surface area contributed by atoms with Gasteiger partial charge in [-0.05, 0) is 31.9 Å². The molecule has 0 N–H and O–H groups in total. The van der Waals surface area contributed by atoms with Crippen LogP contribution in [0.4, 0.5) is 19.0 Å². The van der Waals surface area contributed by atoms with E-state index in [2.05, 4.69) is 15.0 Å². The van der Waals surface area contributed by atoms with Gasteiger partial charge in [0.25, 0.3) is 0 Å². The van der Waals surface area contributed by atoms with Crippen molar-refractivity contribution in [1.29, 1.82) is 0 Å². The van der Waals surface area contributed by atoms with Crippen molar-refractivity contribution in [3.63, 3.8) is 0 Å². The van der Waals surface area contributed by atoms with Crippen molar-refractivity contribution in [2.45, 2.75) is 25.9 Å². The van der Waals surface area contributed by atoms with Crippen LogP contribution in [0.1, 0.15) is 24.4 Å². The maximum atomic E-state index is 13.0. The van der Waals surface area contributed by atoms with Crippen molar-refractivity contribution in [3.8, 4) is 5.88 Å². The van der Waals surface area contributed by atoms with E-state index in [9.17, 15) is 13.2 Å². The molecule has 3 heterocycles. The topological polar surface area (TPSA) is 51.1 Å². The van der Waals surface area contributed by atoms with Crippen LogP contribution in [0, 0.1) is 12.8 Å². The lowest BCUT2D eigenvalue weighted by molar-refractivity contribution is -0.141. The average molecular weight is 387 g/mol. The molecule has 140 valence electrons. The highest BCUT2D eigenvalue weighted by Crippen LogP contribution is 2.31. The van der Waals surface area contributed by atoms with E-state index in [1.54, 1.807) is 18.3 Å². The van der Waals surface area contributed by atoms with Crippen molar-refractivity contribution >= 4 is 17.4 Å². The molecular weight excluding hydrogens is 369 g/mol. The number of rotatable bonds is 4. The average Bonchev–Trinajstić information content (AvgIpc) is 2.60. The van der Waals surface area contributed by atoms with Crippen molar-refractivity contribution in [2.24, 2.45) is 5.92 Å². The maximum absolute atomic E-state index is 13.0. The molecule has 1 aliphatic heterocycles. The smallest absolute Gasteiger partial charge is 0.433 e. The first-order valence-electron chi connectivity index (χ1n) is 8.24. The summed E-state index contributed by atoms with van der Waals surface area (Å²) in [6.45, 7) is 3.06. The summed E-state index contributed by atoms with van der Waals surface area (Å²) in [6, 6.07) is 4.42. The molecule has 0 spiro atoms. The summed E-state index contributed by atoms with van der Waals surface area (Å²) in [4.78, 5) is 13.6. The maximum Gasteiger partial charge on any atom is 0.433 e. The van der Waals surface area contributed by atoms with Crippen LogP contribution in [0.25, 0.3) is 0 Å². The third-order valence-electron chi connectivity index (χ3n) is 4.14. The molecule has 2 aromatic heterocycles. The predicted molar refractivity (Wildman–Crippen MR) is 91.5 cm³/mol. The van der Waals surface area contributed by atoms with Gasteiger partial charge in [-0.2, -0.15) is 13.2 Å². The highest BCUT2D eigenvalue weighted by atomic mass is 35.5. The van der Waals surface area contributed by atoms with Crippen molar-refractivity contribution in [2.75, 3.05) is 24.6 Å². The number of halogens is 4. The summed E-state index contributed by atoms with van der Waals surface area (Å²) in [5.41, 5.74) is -0.918. The van der Waals surface area contributed by atoms with Crippen LogP contribution in [-0.2, 0) is 6.18 Å². The Bertz CT molecular complexity index is 772. The summed E-state index contributed by atoms with van der Waals surface area (Å²) in [5, 5.41) is 0.432. The summed E-state index contributed by atoms with van der Waals surface area (Å²) in [6.07, 6.45) is -1.14. The molecule has 3 rings (SSSR count). The van der Waals surface area contributed by atoms with Crippen LogP contribution in [0.5, 0.6) is 5.88 Å². The number of pyridine rings is 1. The Morgan fingerprint density at radius 2 is 2.15 bits per heavy atom. The molecule has 0 bridgehead atoms. The van der Waals surface area contributed by atoms with E-state index < -0.39 is 11.9 Å². The number of ether oxygens (including phenoxy) is 1. The fourth-order valence-corrected chi connectivity index (χ4v) is 3.12. The van der Waals surface area contributed by atoms with Crippen LogP contribution < -0.4 is 9.64 Å². The van der Waals surface area contributed by atoms with Gasteiger partial charge in [-0.15, -0.1) is 0 Å². The van der Waals surface area contributed by atoms with E-state index in [-0.39, 0.29) is 11.7 Å². The zero-order valence-electron chi connectivity index (χ0n) is 14.1. The Morgan fingerprint density at radius 1 is 1.35 bits per heavy atom. The van der Waals surface area contributed by atoms with Crippen molar-refractivity contribution in [3.05, 3.63) is 40.9 Å². The molecule has 1 aliphatic rings. The van der Waals surface area contributed by atoms with Crippen LogP contribution >= 0.6 is 11.6 Å². The molecule has 0 saturated carbocycles. The molecule has 9 heteroatoms. The normalized spacial score (nSPS) is 18.0. The zero-order valence-corrected chi connectivity index (χ0v) is 14.9. The number of alkyl halides is 3. The SMILES string of the molecule is Cc1nc(N2CCCC(COc3ncccc3Cl)C2)cc(C(F)(F)F)n1. The number of aryl methyl sites for hydroxylation is 1. The zero-order chi connectivity index (χ0) is 18.7. The molecule has 0 aromatic carbocycles. The second kappa shape index (κ2) is 7.65. The molecule has 1 saturated heterocycles. The van der Waals surface area contributed by atoms with Crippen LogP contribution in [0.3, 0.4) is 0 Å². The van der Waals surface area contributed by atoms with Gasteiger partial charge in [0.2, 0.25) is 5.88 Å². The Morgan fingerprint density at radius 3 is 2.88 bits per heavy atom. The standard InChI is InChI=1S/C17H18ClF3N4O/c1-11-23-14(17(19,20)21)8-15(24-11)25-7-3-4-12(9-25)10-26-16-13(18)5-2-6-22-16/h2,5-6,8,12H,3-4,7,9-10H2,1H3. The molecule has 1 fully saturated rings. The Kier molecular flexibility index (Phi) is 5.50. The van der Waals surface area contributed by atoms with Crippen molar-refractivity contribution < 1.29 is 17.9 Å². The van der Waals surface area contributed by atoms with Gasteiger partial charge < -0.3 is 9.64 Å². The minimum Gasteiger partial charge on any atom is -0.476 e. The minimum atomic E-state index is -4.49. The fourth-order valence-electron chi connectivity index (χ4n) is 2.94. The molecule has 5 nitrogen and oxygen atoms in total. The van der Waals surface area contributed by atoms with E-state index in [4.69, 9.17) is 16.3 Å². The third kappa shape index (κ3) is 4.55. The number of hydrogen-bond acceptors (Lipinski definition) is 5. The largest absolute Gasteiger partial charge is 0.476 e. The summed E-state index contributed by atoms with van der Waals surface area (Å²) in [7, 11) is 0. The molecule has 0 aliphatic carbocycles. The number of hydrogen-bond donors (Lipinski definition) is 0. The van der Waals surface area contributed by atoms with Gasteiger partial charge in [-0.25, -0.2) is 15.0 Å². The van der Waals surface area contributed by atoms with Gasteiger partial charge in [0, 0.05) is 31.3 Å². The Labute approximate surface area is 154 Å². The molecule has 0 amide bonds. The highest BCUT2D eigenvalue weighted by Gasteiger charge is 2.34. The second-order valence-corrected chi connectivity index (χ2v) is 6.62. The number of nitrogens with zero attached hydrogens (tertiary/aromatic N) is 4. The van der Waals surface area contributed by atoms with Gasteiger partial charge in [-0.1, -0.05) is 11.6 Å². The van der Waals surface area contributed by atoms with E-state index in [0.29, 0.717) is 36.4 Å². The molecular formula is C17H18ClF3N4O. The summed E-state index contributed by atoms with van der Waals surface area (Å²) >= 11 is 6.02. The van der Waals surface area contributed by atoms with Crippen LogP contribution in [0.2, 0.25) is 5.02 Å². The van der Waals surface area contributed by atoms with Crippen LogP contribution in [-0.4, -0.2) is 34.6 Å². The Balaban J connectivity index is 1.69. The molecule has 0 radical (unpaired) electrons. The lowest BCUT2D eigenvalue weighted by Crippen LogP contribution is -2.38. The van der Waals surface area contributed by atoms with E-state index in [1.807, 2.05) is 4.90 Å². The fraction of sp³-hybridized carbons (Fsp3) is 0.471. The molecule has 2 aromatic rings. The van der Waals surface area contributed by atoms with Gasteiger partial charge >= 0.3 is 6.18 Å². The summed E-state index contributed by atoms with van der Waals surface area (Å²) < 4.78 is 44.6. The lowest BCUT2D eigenvalue weighted by Gasteiger charge is -2.33. The van der Waals surface area contributed by atoms with Crippen molar-refractivity contribution in [1.82, 2.24) is 15.0 Å². The van der Waals surface area contributed by atoms with E-state index in [0.717, 1.165) is 18.9 Å². The van der Waals surface area contributed by atoms with E-state index >= 15 is 0 Å². The first-order valence-corrected chi connectivity index (χ1v) is 8.62. The lowest BCUT2D eigenvalue weighted by atomic mass is 9.99. The summed E-state index contributed by atoms with van der Waals surface area (Å²) in [5.74, 6) is 0.911. The first-order chi connectivity index (χ1) is 12.3. The van der Waals surface area contributed by atoms with Crippen LogP contribution in [0.15, 0.2) is 24.4 Å². The molecule has 1 atom stereocenters. The number of piperidine rings is 1. The highest BCUT2D eigenvalue weighted by molar-refractivity contribution is 6.31. The van der Waals surface area contributed by atoms with Gasteiger partial charge in [0.05, 0.1) is 6.61 Å². The number of anilines is 1. The number of aromatic nitrogens is 3. The van der Waals surface area contributed by atoms with Gasteiger partial charge in [0.1, 0.15) is 22.4 Å². The van der Waals surface area contributed by atoms with Gasteiger partial charge in [-0.3, -0.25) is 0 Å². The molecule has 1 unspecified atom stereocenters. The monoisotopic (exact) mass is 386 g/mol. The molecule has 26 heavy (non-hydrogen) atoms. The predicted octanol–water partition coefficient (Wildman–Crippen LogP) is 4.15. The van der Waals surface area contributed by atoms with E-state index in [1.165, 1.54) is 6.92 Å². The Hall–Kier alpha value is -2.09. The minimum absolute atomic E-state index is 0.105.